The number of thiocarbonyl (C=S) groups is 1. The van der Waals surface area contributed by atoms with Crippen molar-refractivity contribution in [2.75, 3.05) is 11.9 Å². The Morgan fingerprint density at radius 1 is 1.11 bits per heavy atom. The molecule has 1 N–H and O–H groups in total. The van der Waals surface area contributed by atoms with Gasteiger partial charge in [0.25, 0.3) is 5.69 Å². The summed E-state index contributed by atoms with van der Waals surface area (Å²) in [5, 5.41) is 14.7. The molecule has 0 radical (unpaired) electrons. The highest BCUT2D eigenvalue weighted by molar-refractivity contribution is 7.80. The molecule has 0 saturated carbocycles. The van der Waals surface area contributed by atoms with Crippen LogP contribution in [0.25, 0.3) is 0 Å². The quantitative estimate of drug-likeness (QED) is 0.404. The van der Waals surface area contributed by atoms with E-state index >= 15 is 0 Å². The SMILES string of the molecule is Cc1ccc(C2c3cccn3CCN2C(=S)Nc2ccc([N+](=O)[O-])cc2)cc1. The van der Waals surface area contributed by atoms with E-state index in [-0.39, 0.29) is 11.7 Å². The van der Waals surface area contributed by atoms with Crippen molar-refractivity contribution in [1.29, 1.82) is 0 Å². The average molecular weight is 392 g/mol. The molecule has 1 atom stereocenters. The molecule has 0 saturated heterocycles. The van der Waals surface area contributed by atoms with Gasteiger partial charge in [-0.3, -0.25) is 10.1 Å². The number of aromatic nitrogens is 1. The second-order valence-corrected chi connectivity index (χ2v) is 7.25. The van der Waals surface area contributed by atoms with E-state index in [0.29, 0.717) is 5.11 Å². The van der Waals surface area contributed by atoms with E-state index in [4.69, 9.17) is 12.2 Å². The lowest BCUT2D eigenvalue weighted by Gasteiger charge is -2.39. The zero-order valence-corrected chi connectivity index (χ0v) is 16.2. The molecule has 28 heavy (non-hydrogen) atoms. The molecule has 2 heterocycles. The maximum Gasteiger partial charge on any atom is 0.269 e. The van der Waals surface area contributed by atoms with Gasteiger partial charge in [-0.05, 0) is 49.0 Å². The number of nitrogens with zero attached hydrogens (tertiary/aromatic N) is 3. The summed E-state index contributed by atoms with van der Waals surface area (Å²) < 4.78 is 2.26. The van der Waals surface area contributed by atoms with Crippen LogP contribution in [0.2, 0.25) is 0 Å². The van der Waals surface area contributed by atoms with Crippen molar-refractivity contribution in [3.05, 3.63) is 93.8 Å². The van der Waals surface area contributed by atoms with Crippen LogP contribution in [-0.2, 0) is 6.54 Å². The molecule has 7 heteroatoms. The Hall–Kier alpha value is -3.19. The van der Waals surface area contributed by atoms with Crippen molar-refractivity contribution >= 4 is 28.7 Å². The van der Waals surface area contributed by atoms with Gasteiger partial charge in [0.05, 0.1) is 11.0 Å². The molecule has 2 aromatic carbocycles. The molecule has 1 aliphatic heterocycles. The number of anilines is 1. The number of nitro benzene ring substituents is 1. The molecule has 0 bridgehead atoms. The van der Waals surface area contributed by atoms with E-state index in [1.54, 1.807) is 12.1 Å². The van der Waals surface area contributed by atoms with Crippen molar-refractivity contribution in [2.24, 2.45) is 0 Å². The zero-order valence-electron chi connectivity index (χ0n) is 15.4. The standard InChI is InChI=1S/C21H20N4O2S/c1-15-4-6-16(7-5-15)20-19-3-2-12-23(19)13-14-24(20)21(28)22-17-8-10-18(11-9-17)25(26)27/h2-12,20H,13-14H2,1H3,(H,22,28). The molecule has 142 valence electrons. The summed E-state index contributed by atoms with van der Waals surface area (Å²) in [6.07, 6.45) is 2.10. The van der Waals surface area contributed by atoms with Gasteiger partial charge in [0.2, 0.25) is 0 Å². The van der Waals surface area contributed by atoms with Crippen LogP contribution in [0.5, 0.6) is 0 Å². The van der Waals surface area contributed by atoms with Gasteiger partial charge >= 0.3 is 0 Å². The van der Waals surface area contributed by atoms with Crippen LogP contribution in [0.3, 0.4) is 0 Å². The third kappa shape index (κ3) is 3.48. The summed E-state index contributed by atoms with van der Waals surface area (Å²) in [6, 6.07) is 19.0. The summed E-state index contributed by atoms with van der Waals surface area (Å²) >= 11 is 5.72. The Labute approximate surface area is 168 Å². The predicted molar refractivity (Wildman–Crippen MR) is 113 cm³/mol. The van der Waals surface area contributed by atoms with Gasteiger partial charge in [0.1, 0.15) is 0 Å². The molecular weight excluding hydrogens is 372 g/mol. The summed E-state index contributed by atoms with van der Waals surface area (Å²) in [5.41, 5.74) is 4.39. The first-order valence-electron chi connectivity index (χ1n) is 9.06. The normalized spacial score (nSPS) is 15.8. The van der Waals surface area contributed by atoms with Gasteiger partial charge in [-0.2, -0.15) is 0 Å². The molecule has 1 aromatic heterocycles. The number of hydrogen-bond donors (Lipinski definition) is 1. The first-order chi connectivity index (χ1) is 13.5. The summed E-state index contributed by atoms with van der Waals surface area (Å²) in [5.74, 6) is 0. The van der Waals surface area contributed by atoms with Crippen molar-refractivity contribution in [3.8, 4) is 0 Å². The Morgan fingerprint density at radius 3 is 2.50 bits per heavy atom. The molecule has 1 unspecified atom stereocenters. The van der Waals surface area contributed by atoms with Crippen molar-refractivity contribution in [3.63, 3.8) is 0 Å². The summed E-state index contributed by atoms with van der Waals surface area (Å²) in [7, 11) is 0. The van der Waals surface area contributed by atoms with Crippen LogP contribution in [0, 0.1) is 17.0 Å². The first-order valence-corrected chi connectivity index (χ1v) is 9.47. The van der Waals surface area contributed by atoms with Crippen LogP contribution in [0.4, 0.5) is 11.4 Å². The van der Waals surface area contributed by atoms with Crippen molar-refractivity contribution in [1.82, 2.24) is 9.47 Å². The molecule has 4 rings (SSSR count). The van der Waals surface area contributed by atoms with Crippen LogP contribution in [-0.4, -0.2) is 26.0 Å². The fourth-order valence-electron chi connectivity index (χ4n) is 3.56. The number of non-ortho nitro benzene ring substituents is 1. The topological polar surface area (TPSA) is 63.3 Å². The largest absolute Gasteiger partial charge is 0.348 e. The number of rotatable bonds is 3. The highest BCUT2D eigenvalue weighted by Crippen LogP contribution is 2.33. The number of fused-ring (bicyclic) bond motifs is 1. The van der Waals surface area contributed by atoms with Crippen LogP contribution < -0.4 is 5.32 Å². The molecule has 0 aliphatic carbocycles. The maximum atomic E-state index is 10.8. The van der Waals surface area contributed by atoms with Gasteiger partial charge < -0.3 is 14.8 Å². The highest BCUT2D eigenvalue weighted by Gasteiger charge is 2.30. The maximum absolute atomic E-state index is 10.8. The van der Waals surface area contributed by atoms with Crippen molar-refractivity contribution in [2.45, 2.75) is 19.5 Å². The number of benzene rings is 2. The second kappa shape index (κ2) is 7.44. The molecule has 6 nitrogen and oxygen atoms in total. The molecule has 0 spiro atoms. The molecular formula is C21H20N4O2S. The third-order valence-electron chi connectivity index (χ3n) is 5.02. The van der Waals surface area contributed by atoms with Gasteiger partial charge in [-0.1, -0.05) is 29.8 Å². The number of aryl methyl sites for hydroxylation is 1. The van der Waals surface area contributed by atoms with Gasteiger partial charge in [-0.15, -0.1) is 0 Å². The smallest absolute Gasteiger partial charge is 0.269 e. The van der Waals surface area contributed by atoms with Gasteiger partial charge in [0.15, 0.2) is 5.11 Å². The average Bonchev–Trinajstić information content (AvgIpc) is 3.17. The fraction of sp³-hybridized carbons (Fsp3) is 0.190. The van der Waals surface area contributed by atoms with Crippen LogP contribution in [0.1, 0.15) is 22.9 Å². The fourth-order valence-corrected chi connectivity index (χ4v) is 3.88. The predicted octanol–water partition coefficient (Wildman–Crippen LogP) is 4.51. The Kier molecular flexibility index (Phi) is 4.83. The van der Waals surface area contributed by atoms with E-state index in [1.807, 2.05) is 0 Å². The molecule has 0 fully saturated rings. The lowest BCUT2D eigenvalue weighted by Crippen LogP contribution is -2.44. The lowest BCUT2D eigenvalue weighted by atomic mass is 9.99. The van der Waals surface area contributed by atoms with E-state index < -0.39 is 4.92 Å². The first kappa shape index (κ1) is 18.2. The molecule has 0 amide bonds. The Morgan fingerprint density at radius 2 is 1.82 bits per heavy atom. The monoisotopic (exact) mass is 392 g/mol. The zero-order chi connectivity index (χ0) is 19.7. The molecule has 1 aliphatic rings. The lowest BCUT2D eigenvalue weighted by molar-refractivity contribution is -0.384. The van der Waals surface area contributed by atoms with E-state index in [9.17, 15) is 10.1 Å². The van der Waals surface area contributed by atoms with Gasteiger partial charge in [0, 0.05) is 42.8 Å². The minimum absolute atomic E-state index is 0.0161. The third-order valence-corrected chi connectivity index (χ3v) is 5.36. The number of hydrogen-bond acceptors (Lipinski definition) is 3. The minimum Gasteiger partial charge on any atom is -0.348 e. The van der Waals surface area contributed by atoms with E-state index in [1.165, 1.54) is 29.0 Å². The van der Waals surface area contributed by atoms with Crippen LogP contribution >= 0.6 is 12.2 Å². The summed E-state index contributed by atoms with van der Waals surface area (Å²) in [6.45, 7) is 3.71. The molecule has 3 aromatic rings. The van der Waals surface area contributed by atoms with E-state index in [2.05, 4.69) is 64.3 Å². The second-order valence-electron chi connectivity index (χ2n) is 6.87. The minimum atomic E-state index is -0.408. The number of nitrogens with one attached hydrogen (secondary N) is 1. The number of nitro groups is 1. The van der Waals surface area contributed by atoms with Gasteiger partial charge in [-0.25, -0.2) is 0 Å². The Balaban J connectivity index is 1.62. The highest BCUT2D eigenvalue weighted by atomic mass is 32.1. The van der Waals surface area contributed by atoms with Crippen molar-refractivity contribution < 1.29 is 4.92 Å². The Bertz CT molecular complexity index is 1010. The van der Waals surface area contributed by atoms with E-state index in [0.717, 1.165) is 18.8 Å². The summed E-state index contributed by atoms with van der Waals surface area (Å²) in [4.78, 5) is 12.6. The van der Waals surface area contributed by atoms with Crippen LogP contribution in [0.15, 0.2) is 66.9 Å².